The molecule has 0 atom stereocenters. The third kappa shape index (κ3) is 4.04. The Kier molecular flexibility index (Phi) is 5.04. The maximum atomic E-state index is 13.6. The number of carbonyl (C=O) groups excluding carboxylic acids is 1. The Morgan fingerprint density at radius 2 is 1.79 bits per heavy atom. The summed E-state index contributed by atoms with van der Waals surface area (Å²) in [6.07, 6.45) is -3.59. The van der Waals surface area contributed by atoms with E-state index in [2.05, 4.69) is 10.3 Å². The number of fused-ring (bicyclic) bond motifs is 1. The zero-order valence-electron chi connectivity index (χ0n) is 15.9. The number of phenols is 1. The molecule has 3 aromatic rings. The minimum atomic E-state index is -4.75. The van der Waals surface area contributed by atoms with E-state index in [1.807, 2.05) is 0 Å². The van der Waals surface area contributed by atoms with Crippen LogP contribution in [0.4, 0.5) is 18.9 Å². The molecule has 0 aliphatic rings. The number of H-pyrrole nitrogens is 1. The molecule has 5 nitrogen and oxygen atoms in total. The van der Waals surface area contributed by atoms with Gasteiger partial charge in [-0.2, -0.15) is 13.2 Å². The van der Waals surface area contributed by atoms with Crippen molar-refractivity contribution in [3.05, 3.63) is 63.9 Å². The lowest BCUT2D eigenvalue weighted by atomic mass is 10.1. The molecule has 2 aromatic carbocycles. The number of carbonyl (C=O) groups is 1. The van der Waals surface area contributed by atoms with Crippen molar-refractivity contribution >= 4 is 35.8 Å². The molecule has 0 unspecified atom stereocenters. The van der Waals surface area contributed by atoms with Crippen LogP contribution in [0.25, 0.3) is 10.9 Å². The highest BCUT2D eigenvalue weighted by molar-refractivity contribution is 6.89. The molecule has 1 amide bonds. The van der Waals surface area contributed by atoms with Gasteiger partial charge in [-0.25, -0.2) is 0 Å². The van der Waals surface area contributed by atoms with Crippen molar-refractivity contribution < 1.29 is 23.1 Å². The van der Waals surface area contributed by atoms with E-state index in [-0.39, 0.29) is 21.9 Å². The predicted molar refractivity (Wildman–Crippen MR) is 109 cm³/mol. The van der Waals surface area contributed by atoms with Crippen molar-refractivity contribution in [1.29, 1.82) is 0 Å². The molecule has 0 saturated carbocycles. The van der Waals surface area contributed by atoms with Gasteiger partial charge in [0.1, 0.15) is 11.3 Å². The lowest BCUT2D eigenvalue weighted by Crippen LogP contribution is -2.38. The average molecular weight is 420 g/mol. The number of aromatic amines is 1. The number of anilines is 1. The summed E-state index contributed by atoms with van der Waals surface area (Å²) in [5, 5.41) is 12.9. The van der Waals surface area contributed by atoms with E-state index in [4.69, 9.17) is 0 Å². The second-order valence-electron chi connectivity index (χ2n) is 7.69. The van der Waals surface area contributed by atoms with Crippen LogP contribution < -0.4 is 15.9 Å². The van der Waals surface area contributed by atoms with E-state index < -0.39 is 36.8 Å². The number of para-hydroxylation sites is 1. The summed E-state index contributed by atoms with van der Waals surface area (Å²) in [4.78, 5) is 27.9. The van der Waals surface area contributed by atoms with Gasteiger partial charge >= 0.3 is 6.18 Å². The van der Waals surface area contributed by atoms with Crippen molar-refractivity contribution in [2.45, 2.75) is 25.8 Å². The molecule has 3 rings (SSSR count). The summed E-state index contributed by atoms with van der Waals surface area (Å²) in [5.41, 5.74) is -2.10. The summed E-state index contributed by atoms with van der Waals surface area (Å²) in [5.74, 6) is -1.32. The Morgan fingerprint density at radius 3 is 2.41 bits per heavy atom. The Labute approximate surface area is 165 Å². The number of hydrogen-bond acceptors (Lipinski definition) is 3. The van der Waals surface area contributed by atoms with Crippen LogP contribution in [0, 0.1) is 0 Å². The van der Waals surface area contributed by atoms with Gasteiger partial charge in [0.05, 0.1) is 19.3 Å². The van der Waals surface area contributed by atoms with E-state index in [1.165, 1.54) is 6.07 Å². The maximum Gasteiger partial charge on any atom is 0.418 e. The summed E-state index contributed by atoms with van der Waals surface area (Å²) in [7, 11) is -2.27. The summed E-state index contributed by atoms with van der Waals surface area (Å²) in [6, 6.07) is 8.25. The number of rotatable bonds is 3. The molecule has 1 heterocycles. The van der Waals surface area contributed by atoms with Crippen LogP contribution in [0.15, 0.2) is 47.4 Å². The molecule has 9 heteroatoms. The molecular formula is C20H19F3N2O3Si. The Balaban J connectivity index is 2.08. The van der Waals surface area contributed by atoms with E-state index in [9.17, 15) is 27.9 Å². The molecule has 0 aliphatic heterocycles. The van der Waals surface area contributed by atoms with E-state index in [0.717, 1.165) is 18.3 Å². The zero-order valence-corrected chi connectivity index (χ0v) is 16.9. The van der Waals surface area contributed by atoms with E-state index in [1.54, 1.807) is 37.8 Å². The number of aromatic nitrogens is 1. The van der Waals surface area contributed by atoms with Gasteiger partial charge in [-0.3, -0.25) is 9.59 Å². The number of pyridine rings is 1. The van der Waals surface area contributed by atoms with E-state index >= 15 is 0 Å². The second-order valence-corrected chi connectivity index (χ2v) is 12.7. The van der Waals surface area contributed by atoms with E-state index in [0.29, 0.717) is 5.52 Å². The molecular weight excluding hydrogens is 401 g/mol. The number of nitrogens with one attached hydrogen (secondary N) is 2. The highest BCUT2D eigenvalue weighted by Crippen LogP contribution is 2.37. The molecule has 0 spiro atoms. The fourth-order valence-electron chi connectivity index (χ4n) is 3.05. The number of alkyl halides is 3. The van der Waals surface area contributed by atoms with Crippen LogP contribution in [0.5, 0.6) is 5.75 Å². The van der Waals surface area contributed by atoms with Crippen LogP contribution in [-0.4, -0.2) is 24.1 Å². The molecule has 0 aliphatic carbocycles. The van der Waals surface area contributed by atoms with Crippen LogP contribution >= 0.6 is 0 Å². The molecule has 0 fully saturated rings. The first-order valence-electron chi connectivity index (χ1n) is 8.76. The first kappa shape index (κ1) is 20.7. The van der Waals surface area contributed by atoms with Crippen LogP contribution in [0.3, 0.4) is 0 Å². The predicted octanol–water partition coefficient (Wildman–Crippen LogP) is 4.05. The SMILES string of the molecule is C[Si](C)(C)c1cc(C(F)(F)F)c(NC(=O)c2c[nH]c3ccccc3c2=O)cc1O. The minimum absolute atomic E-state index is 0.228. The Morgan fingerprint density at radius 1 is 1.14 bits per heavy atom. The topological polar surface area (TPSA) is 82.2 Å². The number of halogens is 3. The Bertz CT molecular complexity index is 1160. The molecule has 29 heavy (non-hydrogen) atoms. The van der Waals surface area contributed by atoms with Crippen molar-refractivity contribution in [3.63, 3.8) is 0 Å². The first-order valence-corrected chi connectivity index (χ1v) is 12.3. The lowest BCUT2D eigenvalue weighted by Gasteiger charge is -2.22. The van der Waals surface area contributed by atoms with Gasteiger partial charge in [-0.05, 0) is 23.4 Å². The second kappa shape index (κ2) is 7.07. The van der Waals surface area contributed by atoms with Crippen LogP contribution in [0.2, 0.25) is 19.6 Å². The van der Waals surface area contributed by atoms with Gasteiger partial charge in [0.15, 0.2) is 0 Å². The van der Waals surface area contributed by atoms with Crippen molar-refractivity contribution in [2.24, 2.45) is 0 Å². The Hall–Kier alpha value is -3.07. The first-order chi connectivity index (χ1) is 13.4. The number of amides is 1. The highest BCUT2D eigenvalue weighted by Gasteiger charge is 2.37. The number of hydrogen-bond donors (Lipinski definition) is 3. The quantitative estimate of drug-likeness (QED) is 0.559. The zero-order chi connectivity index (χ0) is 21.6. The van der Waals surface area contributed by atoms with Gasteiger partial charge < -0.3 is 15.4 Å². The van der Waals surface area contributed by atoms with Gasteiger partial charge in [0.25, 0.3) is 5.91 Å². The van der Waals surface area contributed by atoms with Crippen molar-refractivity contribution in [1.82, 2.24) is 4.98 Å². The molecule has 152 valence electrons. The van der Waals surface area contributed by atoms with Gasteiger partial charge in [0, 0.05) is 23.2 Å². The highest BCUT2D eigenvalue weighted by atomic mass is 28.3. The fourth-order valence-corrected chi connectivity index (χ4v) is 4.47. The lowest BCUT2D eigenvalue weighted by molar-refractivity contribution is -0.136. The number of phenolic OH excluding ortho intramolecular Hbond substituents is 1. The van der Waals surface area contributed by atoms with Crippen molar-refractivity contribution in [3.8, 4) is 5.75 Å². The molecule has 1 aromatic heterocycles. The fraction of sp³-hybridized carbons (Fsp3) is 0.200. The smallest absolute Gasteiger partial charge is 0.418 e. The molecule has 0 bridgehead atoms. The minimum Gasteiger partial charge on any atom is -0.508 e. The third-order valence-electron chi connectivity index (χ3n) is 4.53. The summed E-state index contributed by atoms with van der Waals surface area (Å²) in [6.45, 7) is 5.40. The van der Waals surface area contributed by atoms with Gasteiger partial charge in [-0.1, -0.05) is 31.8 Å². The average Bonchev–Trinajstić information content (AvgIpc) is 2.60. The van der Waals surface area contributed by atoms with Gasteiger partial charge in [-0.15, -0.1) is 0 Å². The normalized spacial score (nSPS) is 12.2. The van der Waals surface area contributed by atoms with Gasteiger partial charge in [0.2, 0.25) is 5.43 Å². The summed E-state index contributed by atoms with van der Waals surface area (Å²) < 4.78 is 40.8. The largest absolute Gasteiger partial charge is 0.508 e. The molecule has 0 radical (unpaired) electrons. The molecule has 0 saturated heterocycles. The third-order valence-corrected chi connectivity index (χ3v) is 6.55. The monoisotopic (exact) mass is 420 g/mol. The van der Waals surface area contributed by atoms with Crippen LogP contribution in [-0.2, 0) is 6.18 Å². The maximum absolute atomic E-state index is 13.6. The standard InChI is InChI=1S/C20H19F3N2O3Si/c1-29(2,3)17-8-13(20(21,22)23)15(9-16(17)26)25-19(28)12-10-24-14-7-5-4-6-11(14)18(12)27/h4-10,26H,1-3H3,(H,24,27)(H,25,28). The molecule has 3 N–H and O–H groups in total. The number of benzene rings is 2. The summed E-state index contributed by atoms with van der Waals surface area (Å²) >= 11 is 0. The van der Waals surface area contributed by atoms with Crippen LogP contribution in [0.1, 0.15) is 15.9 Å². The number of aromatic hydroxyl groups is 1. The van der Waals surface area contributed by atoms with Crippen molar-refractivity contribution in [2.75, 3.05) is 5.32 Å².